The Kier molecular flexibility index (Phi) is 6.30. The van der Waals surface area contributed by atoms with Crippen LogP contribution < -0.4 is 10.9 Å². The van der Waals surface area contributed by atoms with Gasteiger partial charge >= 0.3 is 5.97 Å². The predicted octanol–water partition coefficient (Wildman–Crippen LogP) is 2.44. The lowest BCUT2D eigenvalue weighted by molar-refractivity contribution is -0.384. The number of hydrogen-bond acceptors (Lipinski definition) is 9. The summed E-state index contributed by atoms with van der Waals surface area (Å²) in [5.74, 6) is -1.08. The molecule has 1 unspecified atom stereocenters. The first-order chi connectivity index (χ1) is 14.7. The summed E-state index contributed by atoms with van der Waals surface area (Å²) in [5.41, 5.74) is 0.318. The van der Waals surface area contributed by atoms with E-state index in [4.69, 9.17) is 4.74 Å². The largest absolute Gasteiger partial charge is 0.465 e. The molecule has 0 saturated carbocycles. The summed E-state index contributed by atoms with van der Waals surface area (Å²) in [7, 11) is 1.21. The molecule has 0 fully saturated rings. The van der Waals surface area contributed by atoms with Crippen LogP contribution in [0.15, 0.2) is 40.3 Å². The molecule has 1 atom stereocenters. The average molecular weight is 443 g/mol. The van der Waals surface area contributed by atoms with Crippen molar-refractivity contribution >= 4 is 46.0 Å². The molecule has 31 heavy (non-hydrogen) atoms. The molecule has 2 aromatic heterocycles. The molecule has 3 rings (SSSR count). The number of fused-ring (bicyclic) bond motifs is 1. The van der Waals surface area contributed by atoms with Crippen LogP contribution in [0.2, 0.25) is 0 Å². The average Bonchev–Trinajstić information content (AvgIpc) is 2.72. The Labute approximate surface area is 179 Å². The molecular formula is C19H17N5O6S. The first kappa shape index (κ1) is 21.9. The van der Waals surface area contributed by atoms with Crippen LogP contribution in [-0.4, -0.2) is 44.1 Å². The molecule has 0 radical (unpaired) electrons. The number of nitro benzene ring substituents is 1. The number of nitro groups is 1. The second-order valence-corrected chi connectivity index (χ2v) is 7.76. The maximum absolute atomic E-state index is 12.6. The topological polar surface area (TPSA) is 157 Å². The summed E-state index contributed by atoms with van der Waals surface area (Å²) >= 11 is 0.991. The number of rotatable bonds is 6. The number of non-ortho nitro benzene ring substituents is 1. The van der Waals surface area contributed by atoms with E-state index in [1.54, 1.807) is 13.8 Å². The molecule has 11 nitrogen and oxygen atoms in total. The Hall–Kier alpha value is -3.80. The van der Waals surface area contributed by atoms with E-state index in [0.717, 1.165) is 11.8 Å². The fourth-order valence-electron chi connectivity index (χ4n) is 2.70. The summed E-state index contributed by atoms with van der Waals surface area (Å²) in [6.07, 6.45) is 0. The van der Waals surface area contributed by atoms with Gasteiger partial charge in [-0.2, -0.15) is 0 Å². The van der Waals surface area contributed by atoms with E-state index in [1.807, 2.05) is 0 Å². The predicted molar refractivity (Wildman–Crippen MR) is 113 cm³/mol. The zero-order valence-corrected chi connectivity index (χ0v) is 17.5. The maximum Gasteiger partial charge on any atom is 0.338 e. The van der Waals surface area contributed by atoms with E-state index in [-0.39, 0.29) is 27.4 Å². The van der Waals surface area contributed by atoms with Crippen molar-refractivity contribution in [2.75, 3.05) is 12.4 Å². The van der Waals surface area contributed by atoms with E-state index in [1.165, 1.54) is 37.4 Å². The minimum Gasteiger partial charge on any atom is -0.465 e. The van der Waals surface area contributed by atoms with Crippen molar-refractivity contribution in [3.63, 3.8) is 0 Å². The second-order valence-electron chi connectivity index (χ2n) is 6.43. The maximum atomic E-state index is 12.6. The molecule has 0 aliphatic heterocycles. The summed E-state index contributed by atoms with van der Waals surface area (Å²) in [6, 6.07) is 6.85. The van der Waals surface area contributed by atoms with Crippen molar-refractivity contribution in [1.82, 2.24) is 15.0 Å². The van der Waals surface area contributed by atoms with Crippen LogP contribution in [0.1, 0.15) is 23.0 Å². The number of pyridine rings is 1. The normalized spacial score (nSPS) is 11.7. The van der Waals surface area contributed by atoms with Crippen molar-refractivity contribution in [2.45, 2.75) is 24.3 Å². The highest BCUT2D eigenvalue weighted by Crippen LogP contribution is 2.23. The fraction of sp³-hybridized carbons (Fsp3) is 0.211. The summed E-state index contributed by atoms with van der Waals surface area (Å²) < 4.78 is 4.71. The number of aryl methyl sites for hydroxylation is 1. The number of aromatic nitrogens is 3. The monoisotopic (exact) mass is 443 g/mol. The van der Waals surface area contributed by atoms with Gasteiger partial charge in [-0.15, -0.1) is 0 Å². The molecule has 1 amide bonds. The highest BCUT2D eigenvalue weighted by atomic mass is 32.2. The van der Waals surface area contributed by atoms with Crippen molar-refractivity contribution in [1.29, 1.82) is 0 Å². The number of carbonyl (C=O) groups excluding carboxylic acids is 2. The molecule has 3 aromatic rings. The van der Waals surface area contributed by atoms with E-state index in [9.17, 15) is 24.5 Å². The van der Waals surface area contributed by atoms with Crippen molar-refractivity contribution in [3.05, 3.63) is 62.1 Å². The van der Waals surface area contributed by atoms with Crippen LogP contribution in [0.25, 0.3) is 11.0 Å². The van der Waals surface area contributed by atoms with E-state index in [2.05, 4.69) is 20.3 Å². The Morgan fingerprint density at radius 2 is 1.94 bits per heavy atom. The molecule has 0 aliphatic carbocycles. The molecule has 0 aliphatic rings. The lowest BCUT2D eigenvalue weighted by atomic mass is 10.1. The van der Waals surface area contributed by atoms with Crippen molar-refractivity contribution in [3.8, 4) is 0 Å². The minimum atomic E-state index is -0.681. The number of nitrogens with one attached hydrogen (secondary N) is 2. The number of carbonyl (C=O) groups is 2. The lowest BCUT2D eigenvalue weighted by Gasteiger charge is -2.12. The number of H-pyrrole nitrogens is 1. The highest BCUT2D eigenvalue weighted by Gasteiger charge is 2.20. The molecule has 160 valence electrons. The molecule has 1 aromatic carbocycles. The van der Waals surface area contributed by atoms with Gasteiger partial charge in [-0.25, -0.2) is 14.8 Å². The number of ether oxygens (including phenoxy) is 1. The zero-order chi connectivity index (χ0) is 22.7. The highest BCUT2D eigenvalue weighted by molar-refractivity contribution is 8.00. The SMILES string of the molecule is COC(=O)c1cc(C)nc2nc(SC(C)C(=O)Nc3ccc([N+](=O)[O-])cc3)[nH]c(=O)c12. The van der Waals surface area contributed by atoms with Gasteiger partial charge in [0.25, 0.3) is 11.2 Å². The number of esters is 1. The number of thioether (sulfide) groups is 1. The molecule has 0 bridgehead atoms. The third-order valence-corrected chi connectivity index (χ3v) is 5.18. The third kappa shape index (κ3) is 4.86. The van der Waals surface area contributed by atoms with E-state index in [0.29, 0.717) is 11.4 Å². The fourth-order valence-corrected chi connectivity index (χ4v) is 3.49. The van der Waals surface area contributed by atoms with Gasteiger partial charge in [0.15, 0.2) is 10.8 Å². The molecule has 2 heterocycles. The van der Waals surface area contributed by atoms with Gasteiger partial charge in [-0.3, -0.25) is 19.7 Å². The molecule has 2 N–H and O–H groups in total. The minimum absolute atomic E-state index is 0.00443. The summed E-state index contributed by atoms with van der Waals surface area (Å²) in [6.45, 7) is 3.26. The first-order valence-electron chi connectivity index (χ1n) is 8.91. The number of anilines is 1. The van der Waals surface area contributed by atoms with E-state index < -0.39 is 27.6 Å². The number of hydrogen-bond donors (Lipinski definition) is 2. The summed E-state index contributed by atoms with van der Waals surface area (Å²) in [4.78, 5) is 58.2. The Morgan fingerprint density at radius 3 is 2.55 bits per heavy atom. The van der Waals surface area contributed by atoms with Crippen molar-refractivity contribution < 1.29 is 19.2 Å². The molecule has 0 saturated heterocycles. The molecule has 0 spiro atoms. The van der Waals surface area contributed by atoms with Crippen LogP contribution in [0, 0.1) is 17.0 Å². The van der Waals surface area contributed by atoms with Crippen molar-refractivity contribution in [2.24, 2.45) is 0 Å². The zero-order valence-electron chi connectivity index (χ0n) is 16.7. The number of methoxy groups -OCH3 is 1. The van der Waals surface area contributed by atoms with Gasteiger partial charge in [-0.1, -0.05) is 11.8 Å². The van der Waals surface area contributed by atoms with Gasteiger partial charge in [0.2, 0.25) is 5.91 Å². The van der Waals surface area contributed by atoms with Crippen LogP contribution in [0.3, 0.4) is 0 Å². The number of amides is 1. The van der Waals surface area contributed by atoms with Gasteiger partial charge in [0, 0.05) is 23.5 Å². The number of nitrogens with zero attached hydrogens (tertiary/aromatic N) is 3. The quantitative estimate of drug-likeness (QED) is 0.192. The Morgan fingerprint density at radius 1 is 1.26 bits per heavy atom. The van der Waals surface area contributed by atoms with Crippen LogP contribution >= 0.6 is 11.8 Å². The Balaban J connectivity index is 1.82. The smallest absolute Gasteiger partial charge is 0.338 e. The lowest BCUT2D eigenvalue weighted by Crippen LogP contribution is -2.23. The van der Waals surface area contributed by atoms with E-state index >= 15 is 0 Å². The van der Waals surface area contributed by atoms with Crippen LogP contribution in [0.4, 0.5) is 11.4 Å². The standard InChI is InChI=1S/C19H17N5O6S/c1-9-8-13(18(27)30-3)14-15(20-9)22-19(23-17(14)26)31-10(2)16(25)21-11-4-6-12(7-5-11)24(28)29/h4-8,10H,1-3H3,(H,21,25)(H,20,22,23,26). The summed E-state index contributed by atoms with van der Waals surface area (Å²) in [5, 5.41) is 12.8. The number of benzene rings is 1. The van der Waals surface area contributed by atoms with Crippen LogP contribution in [0.5, 0.6) is 0 Å². The first-order valence-corrected chi connectivity index (χ1v) is 9.79. The molecular weight excluding hydrogens is 426 g/mol. The van der Waals surface area contributed by atoms with Crippen LogP contribution in [-0.2, 0) is 9.53 Å². The Bertz CT molecular complexity index is 1240. The van der Waals surface area contributed by atoms with Gasteiger partial charge in [-0.05, 0) is 32.0 Å². The molecule has 12 heteroatoms. The number of aromatic amines is 1. The van der Waals surface area contributed by atoms with Gasteiger partial charge in [0.05, 0.1) is 28.2 Å². The third-order valence-electron chi connectivity index (χ3n) is 4.19. The van der Waals surface area contributed by atoms with Gasteiger partial charge in [0.1, 0.15) is 0 Å². The second kappa shape index (κ2) is 8.92. The van der Waals surface area contributed by atoms with Gasteiger partial charge < -0.3 is 15.0 Å².